The van der Waals surface area contributed by atoms with Gasteiger partial charge in [0.2, 0.25) is 0 Å². The lowest BCUT2D eigenvalue weighted by atomic mass is 10.0. The lowest BCUT2D eigenvalue weighted by molar-refractivity contribution is 0.0994. The standard InChI is InChI=1S/C16H20N4O/c1-10-4-5-12(8-11(10)2)20-7-6-14-13(9-20)15(16(17)21)18-19(14)3/h4-5,8H,6-7,9H2,1-3H3,(H2,17,21). The van der Waals surface area contributed by atoms with E-state index in [4.69, 9.17) is 5.73 Å². The number of carbonyl (C=O) groups is 1. The SMILES string of the molecule is Cc1ccc(N2CCc3c(c(C(N)=O)nn3C)C2)cc1C. The van der Waals surface area contributed by atoms with Crippen LogP contribution in [0.1, 0.15) is 32.9 Å². The second-order valence-corrected chi connectivity index (χ2v) is 5.70. The summed E-state index contributed by atoms with van der Waals surface area (Å²) in [7, 11) is 1.87. The zero-order chi connectivity index (χ0) is 15.1. The molecular formula is C16H20N4O. The van der Waals surface area contributed by atoms with Crippen molar-refractivity contribution in [2.75, 3.05) is 11.4 Å². The number of benzene rings is 1. The molecule has 110 valence electrons. The monoisotopic (exact) mass is 284 g/mol. The van der Waals surface area contributed by atoms with Gasteiger partial charge in [-0.1, -0.05) is 6.07 Å². The summed E-state index contributed by atoms with van der Waals surface area (Å²) in [5.74, 6) is -0.450. The van der Waals surface area contributed by atoms with Gasteiger partial charge < -0.3 is 10.6 Å². The van der Waals surface area contributed by atoms with Crippen LogP contribution in [0.5, 0.6) is 0 Å². The quantitative estimate of drug-likeness (QED) is 0.913. The maximum Gasteiger partial charge on any atom is 0.269 e. The zero-order valence-electron chi connectivity index (χ0n) is 12.7. The highest BCUT2D eigenvalue weighted by molar-refractivity contribution is 5.92. The van der Waals surface area contributed by atoms with Gasteiger partial charge in [-0.3, -0.25) is 9.48 Å². The lowest BCUT2D eigenvalue weighted by Crippen LogP contribution is -2.32. The van der Waals surface area contributed by atoms with Gasteiger partial charge in [0.15, 0.2) is 5.69 Å². The fourth-order valence-corrected chi connectivity index (χ4v) is 2.93. The number of aromatic nitrogens is 2. The first-order valence-corrected chi connectivity index (χ1v) is 7.14. The van der Waals surface area contributed by atoms with Gasteiger partial charge in [-0.15, -0.1) is 0 Å². The van der Waals surface area contributed by atoms with Crippen molar-refractivity contribution in [1.82, 2.24) is 9.78 Å². The Morgan fingerprint density at radius 3 is 2.71 bits per heavy atom. The molecule has 2 N–H and O–H groups in total. The molecule has 1 aromatic heterocycles. The van der Waals surface area contributed by atoms with Crippen molar-refractivity contribution < 1.29 is 4.79 Å². The molecule has 3 rings (SSSR count). The third-order valence-electron chi connectivity index (χ3n) is 4.33. The number of aryl methyl sites for hydroxylation is 3. The van der Waals surface area contributed by atoms with Crippen LogP contribution in [-0.4, -0.2) is 22.2 Å². The van der Waals surface area contributed by atoms with E-state index in [2.05, 4.69) is 42.0 Å². The summed E-state index contributed by atoms with van der Waals surface area (Å²) in [5, 5.41) is 4.27. The number of hydrogen-bond acceptors (Lipinski definition) is 3. The largest absolute Gasteiger partial charge is 0.367 e. The number of carbonyl (C=O) groups excluding carboxylic acids is 1. The van der Waals surface area contributed by atoms with Crippen molar-refractivity contribution in [1.29, 1.82) is 0 Å². The number of hydrogen-bond donors (Lipinski definition) is 1. The molecule has 2 heterocycles. The van der Waals surface area contributed by atoms with E-state index in [-0.39, 0.29) is 0 Å². The summed E-state index contributed by atoms with van der Waals surface area (Å²) in [5.41, 5.74) is 11.7. The molecule has 0 spiro atoms. The van der Waals surface area contributed by atoms with Crippen LogP contribution in [0.25, 0.3) is 0 Å². The first-order chi connectivity index (χ1) is 9.97. The number of fused-ring (bicyclic) bond motifs is 1. The van der Waals surface area contributed by atoms with Crippen molar-refractivity contribution in [3.63, 3.8) is 0 Å². The van der Waals surface area contributed by atoms with E-state index in [1.807, 2.05) is 7.05 Å². The molecule has 0 saturated carbocycles. The van der Waals surface area contributed by atoms with E-state index in [1.165, 1.54) is 16.8 Å². The van der Waals surface area contributed by atoms with E-state index in [0.717, 1.165) is 24.2 Å². The average molecular weight is 284 g/mol. The molecule has 21 heavy (non-hydrogen) atoms. The Bertz CT molecular complexity index is 717. The first-order valence-electron chi connectivity index (χ1n) is 7.14. The van der Waals surface area contributed by atoms with Crippen LogP contribution in [-0.2, 0) is 20.0 Å². The molecule has 1 aliphatic rings. The van der Waals surface area contributed by atoms with Crippen molar-refractivity contribution in [2.24, 2.45) is 12.8 Å². The van der Waals surface area contributed by atoms with Gasteiger partial charge in [0.05, 0.1) is 0 Å². The molecule has 0 bridgehead atoms. The normalized spacial score (nSPS) is 14.1. The Balaban J connectivity index is 1.96. The fraction of sp³-hybridized carbons (Fsp3) is 0.375. The fourth-order valence-electron chi connectivity index (χ4n) is 2.93. The summed E-state index contributed by atoms with van der Waals surface area (Å²) in [6, 6.07) is 6.46. The molecule has 0 radical (unpaired) electrons. The minimum Gasteiger partial charge on any atom is -0.367 e. The third-order valence-corrected chi connectivity index (χ3v) is 4.33. The molecule has 2 aromatic rings. The Labute approximate surface area is 124 Å². The van der Waals surface area contributed by atoms with Crippen molar-refractivity contribution in [3.8, 4) is 0 Å². The molecule has 0 fully saturated rings. The molecule has 1 aromatic carbocycles. The van der Waals surface area contributed by atoms with Crippen LogP contribution in [0, 0.1) is 13.8 Å². The number of anilines is 1. The van der Waals surface area contributed by atoms with Crippen LogP contribution in [0.2, 0.25) is 0 Å². The summed E-state index contributed by atoms with van der Waals surface area (Å²) >= 11 is 0. The van der Waals surface area contributed by atoms with Crippen LogP contribution < -0.4 is 10.6 Å². The topological polar surface area (TPSA) is 64.2 Å². The predicted octanol–water partition coefficient (Wildman–Crippen LogP) is 1.70. The number of rotatable bonds is 2. The molecule has 1 amide bonds. The Hall–Kier alpha value is -2.30. The maximum atomic E-state index is 11.6. The van der Waals surface area contributed by atoms with E-state index in [1.54, 1.807) is 4.68 Å². The van der Waals surface area contributed by atoms with Gasteiger partial charge >= 0.3 is 0 Å². The van der Waals surface area contributed by atoms with Crippen LogP contribution in [0.15, 0.2) is 18.2 Å². The first kappa shape index (κ1) is 13.7. The minimum atomic E-state index is -0.450. The Kier molecular flexibility index (Phi) is 3.20. The number of amides is 1. The molecule has 5 nitrogen and oxygen atoms in total. The summed E-state index contributed by atoms with van der Waals surface area (Å²) in [6.45, 7) is 5.84. The summed E-state index contributed by atoms with van der Waals surface area (Å²) in [6.07, 6.45) is 0.874. The van der Waals surface area contributed by atoms with Crippen LogP contribution in [0.4, 0.5) is 5.69 Å². The van der Waals surface area contributed by atoms with Gasteiger partial charge in [0.1, 0.15) is 0 Å². The van der Waals surface area contributed by atoms with Gasteiger partial charge in [-0.2, -0.15) is 5.10 Å². The van der Waals surface area contributed by atoms with E-state index >= 15 is 0 Å². The Morgan fingerprint density at radius 1 is 1.29 bits per heavy atom. The second-order valence-electron chi connectivity index (χ2n) is 5.70. The molecule has 5 heteroatoms. The number of nitrogens with two attached hydrogens (primary N) is 1. The molecule has 0 unspecified atom stereocenters. The second kappa shape index (κ2) is 4.91. The van der Waals surface area contributed by atoms with Gasteiger partial charge in [-0.25, -0.2) is 0 Å². The summed E-state index contributed by atoms with van der Waals surface area (Å²) in [4.78, 5) is 13.8. The van der Waals surface area contributed by atoms with Crippen molar-refractivity contribution >= 4 is 11.6 Å². The van der Waals surface area contributed by atoms with E-state index in [9.17, 15) is 4.79 Å². The van der Waals surface area contributed by atoms with Crippen LogP contribution >= 0.6 is 0 Å². The van der Waals surface area contributed by atoms with Crippen LogP contribution in [0.3, 0.4) is 0 Å². The zero-order valence-corrected chi connectivity index (χ0v) is 12.7. The van der Waals surface area contributed by atoms with Gasteiger partial charge in [-0.05, 0) is 37.1 Å². The van der Waals surface area contributed by atoms with Gasteiger partial charge in [0, 0.05) is 43.5 Å². The molecule has 0 saturated heterocycles. The van der Waals surface area contributed by atoms with E-state index in [0.29, 0.717) is 12.2 Å². The minimum absolute atomic E-state index is 0.404. The van der Waals surface area contributed by atoms with Crippen molar-refractivity contribution in [2.45, 2.75) is 26.8 Å². The highest BCUT2D eigenvalue weighted by Gasteiger charge is 2.26. The molecule has 1 aliphatic heterocycles. The smallest absolute Gasteiger partial charge is 0.269 e. The highest BCUT2D eigenvalue weighted by Crippen LogP contribution is 2.27. The molecular weight excluding hydrogens is 264 g/mol. The molecule has 0 aliphatic carbocycles. The number of primary amides is 1. The Morgan fingerprint density at radius 2 is 2.05 bits per heavy atom. The van der Waals surface area contributed by atoms with Gasteiger partial charge in [0.25, 0.3) is 5.91 Å². The lowest BCUT2D eigenvalue weighted by Gasteiger charge is -2.30. The third kappa shape index (κ3) is 2.28. The summed E-state index contributed by atoms with van der Waals surface area (Å²) < 4.78 is 1.78. The highest BCUT2D eigenvalue weighted by atomic mass is 16.1. The number of nitrogens with zero attached hydrogens (tertiary/aromatic N) is 3. The van der Waals surface area contributed by atoms with E-state index < -0.39 is 5.91 Å². The predicted molar refractivity (Wildman–Crippen MR) is 82.4 cm³/mol. The maximum absolute atomic E-state index is 11.6. The molecule has 0 atom stereocenters. The van der Waals surface area contributed by atoms with Crippen molar-refractivity contribution in [3.05, 3.63) is 46.3 Å². The average Bonchev–Trinajstić information content (AvgIpc) is 2.79.